The minimum atomic E-state index is -0.592. The van der Waals surface area contributed by atoms with Crippen LogP contribution in [0.15, 0.2) is 23.1 Å². The summed E-state index contributed by atoms with van der Waals surface area (Å²) < 4.78 is 4.56. The number of thioether (sulfide) groups is 1. The summed E-state index contributed by atoms with van der Waals surface area (Å²) >= 11 is 1.36. The van der Waals surface area contributed by atoms with Crippen LogP contribution in [0.2, 0.25) is 0 Å². The summed E-state index contributed by atoms with van der Waals surface area (Å²) in [6.45, 7) is 1.84. The van der Waals surface area contributed by atoms with Crippen molar-refractivity contribution in [2.24, 2.45) is 0 Å². The quantitative estimate of drug-likeness (QED) is 0.356. The van der Waals surface area contributed by atoms with E-state index in [4.69, 9.17) is 5.26 Å². The van der Waals surface area contributed by atoms with E-state index in [1.165, 1.54) is 31.0 Å². The lowest BCUT2D eigenvalue weighted by molar-refractivity contribution is -0.385. The fraction of sp³-hybridized carbons (Fsp3) is 0.333. The van der Waals surface area contributed by atoms with E-state index in [1.54, 1.807) is 12.1 Å². The SMILES string of the molecule is COC(=O)CC(C)Sc1ccc([N+](=O)[O-])c(C#N)c1. The standard InChI is InChI=1S/C12H12N2O4S/c1-8(5-12(15)18-2)19-10-3-4-11(14(16)17)9(6-10)7-13/h3-4,6,8H,5H2,1-2H3. The van der Waals surface area contributed by atoms with Crippen LogP contribution in [0, 0.1) is 21.4 Å². The van der Waals surface area contributed by atoms with E-state index in [-0.39, 0.29) is 28.9 Å². The van der Waals surface area contributed by atoms with Gasteiger partial charge in [0, 0.05) is 16.2 Å². The van der Waals surface area contributed by atoms with Crippen molar-refractivity contribution in [3.63, 3.8) is 0 Å². The molecule has 0 saturated carbocycles. The number of esters is 1. The number of nitro benzene ring substituents is 1. The number of benzene rings is 1. The van der Waals surface area contributed by atoms with E-state index in [9.17, 15) is 14.9 Å². The number of carbonyl (C=O) groups is 1. The fourth-order valence-corrected chi connectivity index (χ4v) is 2.45. The first-order valence-corrected chi connectivity index (χ1v) is 6.28. The van der Waals surface area contributed by atoms with Crippen molar-refractivity contribution in [1.82, 2.24) is 0 Å². The van der Waals surface area contributed by atoms with E-state index in [1.807, 2.05) is 6.92 Å². The topological polar surface area (TPSA) is 93.2 Å². The molecule has 19 heavy (non-hydrogen) atoms. The van der Waals surface area contributed by atoms with E-state index in [0.29, 0.717) is 4.90 Å². The maximum absolute atomic E-state index is 11.1. The molecule has 0 amide bonds. The number of carbonyl (C=O) groups excluding carboxylic acids is 1. The monoisotopic (exact) mass is 280 g/mol. The van der Waals surface area contributed by atoms with Crippen molar-refractivity contribution in [3.8, 4) is 6.07 Å². The summed E-state index contributed by atoms with van der Waals surface area (Å²) in [6.07, 6.45) is 0.236. The van der Waals surface area contributed by atoms with Gasteiger partial charge in [-0.05, 0) is 12.1 Å². The maximum Gasteiger partial charge on any atom is 0.306 e. The van der Waals surface area contributed by atoms with Gasteiger partial charge in [0.2, 0.25) is 0 Å². The van der Waals surface area contributed by atoms with Crippen LogP contribution in [-0.4, -0.2) is 23.3 Å². The zero-order valence-corrected chi connectivity index (χ0v) is 11.3. The largest absolute Gasteiger partial charge is 0.469 e. The van der Waals surface area contributed by atoms with Gasteiger partial charge in [0.25, 0.3) is 5.69 Å². The Bertz CT molecular complexity index is 539. The normalized spacial score (nSPS) is 11.4. The number of hydrogen-bond donors (Lipinski definition) is 0. The molecule has 0 heterocycles. The minimum Gasteiger partial charge on any atom is -0.469 e. The summed E-state index contributed by atoms with van der Waals surface area (Å²) in [5, 5.41) is 19.5. The van der Waals surface area contributed by atoms with Crippen molar-refractivity contribution >= 4 is 23.4 Å². The van der Waals surface area contributed by atoms with Crippen LogP contribution < -0.4 is 0 Å². The Morgan fingerprint density at radius 3 is 2.84 bits per heavy atom. The molecule has 1 aromatic carbocycles. The van der Waals surface area contributed by atoms with Crippen molar-refractivity contribution < 1.29 is 14.5 Å². The molecule has 0 saturated heterocycles. The van der Waals surface area contributed by atoms with Crippen LogP contribution in [0.1, 0.15) is 18.9 Å². The van der Waals surface area contributed by atoms with Gasteiger partial charge in [0.1, 0.15) is 11.6 Å². The minimum absolute atomic E-state index is 0.0141. The molecule has 100 valence electrons. The van der Waals surface area contributed by atoms with Crippen LogP contribution in [0.25, 0.3) is 0 Å². The number of nitriles is 1. The number of rotatable bonds is 5. The van der Waals surface area contributed by atoms with Crippen molar-refractivity contribution in [2.75, 3.05) is 7.11 Å². The molecule has 1 atom stereocenters. The second kappa shape index (κ2) is 6.75. The summed E-state index contributed by atoms with van der Waals surface area (Å²) in [7, 11) is 1.32. The zero-order chi connectivity index (χ0) is 14.4. The van der Waals surface area contributed by atoms with Crippen LogP contribution in [0.3, 0.4) is 0 Å². The van der Waals surface area contributed by atoms with Gasteiger partial charge in [-0.1, -0.05) is 6.92 Å². The molecule has 1 aromatic rings. The molecule has 0 aromatic heterocycles. The van der Waals surface area contributed by atoms with Gasteiger partial charge in [0.05, 0.1) is 18.5 Å². The lowest BCUT2D eigenvalue weighted by atomic mass is 10.2. The summed E-state index contributed by atoms with van der Waals surface area (Å²) in [5.41, 5.74) is -0.201. The number of methoxy groups -OCH3 is 1. The van der Waals surface area contributed by atoms with Crippen molar-refractivity contribution in [1.29, 1.82) is 5.26 Å². The van der Waals surface area contributed by atoms with Gasteiger partial charge in [-0.2, -0.15) is 5.26 Å². The van der Waals surface area contributed by atoms with E-state index < -0.39 is 4.92 Å². The summed E-state index contributed by atoms with van der Waals surface area (Å²) in [4.78, 5) is 21.9. The summed E-state index contributed by atoms with van der Waals surface area (Å²) in [6, 6.07) is 6.12. The Hall–Kier alpha value is -2.07. The third-order valence-electron chi connectivity index (χ3n) is 2.30. The van der Waals surface area contributed by atoms with Crippen LogP contribution in [0.5, 0.6) is 0 Å². The molecule has 0 N–H and O–H groups in total. The highest BCUT2D eigenvalue weighted by molar-refractivity contribution is 8.00. The second-order valence-electron chi connectivity index (χ2n) is 3.76. The van der Waals surface area contributed by atoms with Crippen LogP contribution in [-0.2, 0) is 9.53 Å². The molecule has 0 bridgehead atoms. The molecule has 7 heteroatoms. The Labute approximate surface area is 114 Å². The Kier molecular flexibility index (Phi) is 5.33. The highest BCUT2D eigenvalue weighted by atomic mass is 32.2. The zero-order valence-electron chi connectivity index (χ0n) is 10.5. The van der Waals surface area contributed by atoms with Gasteiger partial charge in [-0.3, -0.25) is 14.9 Å². The van der Waals surface area contributed by atoms with Crippen molar-refractivity contribution in [3.05, 3.63) is 33.9 Å². The molecule has 6 nitrogen and oxygen atoms in total. The average Bonchev–Trinajstić information content (AvgIpc) is 2.37. The van der Waals surface area contributed by atoms with E-state index in [0.717, 1.165) is 0 Å². The van der Waals surface area contributed by atoms with Gasteiger partial charge in [-0.25, -0.2) is 0 Å². The Morgan fingerprint density at radius 1 is 1.63 bits per heavy atom. The first-order chi connectivity index (χ1) is 8.97. The van der Waals surface area contributed by atoms with Crippen molar-refractivity contribution in [2.45, 2.75) is 23.5 Å². The number of ether oxygens (including phenoxy) is 1. The molecule has 0 radical (unpaired) electrons. The molecule has 0 aliphatic rings. The first-order valence-electron chi connectivity index (χ1n) is 5.40. The molecule has 1 unspecified atom stereocenters. The lowest BCUT2D eigenvalue weighted by Gasteiger charge is -2.09. The molecule has 0 aliphatic carbocycles. The second-order valence-corrected chi connectivity index (χ2v) is 5.27. The molecular weight excluding hydrogens is 268 g/mol. The molecule has 1 rings (SSSR count). The van der Waals surface area contributed by atoms with Crippen LogP contribution in [0.4, 0.5) is 5.69 Å². The van der Waals surface area contributed by atoms with Gasteiger partial charge < -0.3 is 4.74 Å². The molecule has 0 spiro atoms. The van der Waals surface area contributed by atoms with Gasteiger partial charge in [0.15, 0.2) is 0 Å². The lowest BCUT2D eigenvalue weighted by Crippen LogP contribution is -2.08. The Morgan fingerprint density at radius 2 is 2.32 bits per heavy atom. The van der Waals surface area contributed by atoms with E-state index >= 15 is 0 Å². The van der Waals surface area contributed by atoms with E-state index in [2.05, 4.69) is 4.74 Å². The van der Waals surface area contributed by atoms with Gasteiger partial charge >= 0.3 is 5.97 Å². The number of hydrogen-bond acceptors (Lipinski definition) is 6. The predicted octanol–water partition coefficient (Wildman–Crippen LogP) is 2.51. The summed E-state index contributed by atoms with van der Waals surface area (Å²) in [5.74, 6) is -0.317. The average molecular weight is 280 g/mol. The third-order valence-corrected chi connectivity index (χ3v) is 3.40. The molecule has 0 aliphatic heterocycles. The first kappa shape index (κ1) is 15.0. The third kappa shape index (κ3) is 4.26. The molecule has 0 fully saturated rings. The number of nitrogens with zero attached hydrogens (tertiary/aromatic N) is 2. The number of nitro groups is 1. The van der Waals surface area contributed by atoms with Gasteiger partial charge in [-0.15, -0.1) is 11.8 Å². The fourth-order valence-electron chi connectivity index (χ4n) is 1.43. The highest BCUT2D eigenvalue weighted by Crippen LogP contribution is 2.29. The Balaban J connectivity index is 2.84. The highest BCUT2D eigenvalue weighted by Gasteiger charge is 2.16. The smallest absolute Gasteiger partial charge is 0.306 e. The van der Waals surface area contributed by atoms with Crippen LogP contribution >= 0.6 is 11.8 Å². The maximum atomic E-state index is 11.1. The molecular formula is C12H12N2O4S. The predicted molar refractivity (Wildman–Crippen MR) is 69.8 cm³/mol.